The first-order chi connectivity index (χ1) is 18.6. The highest BCUT2D eigenvalue weighted by molar-refractivity contribution is 5.87. The SMILES string of the molecule is COc1ccc(C=CC(=O)OCCC(C)CCc2ccccc2)c(OC(=O)OC2CCC(C(C)(C)C)CC2)c1. The van der Waals surface area contributed by atoms with Crippen LogP contribution in [0.4, 0.5) is 4.79 Å². The summed E-state index contributed by atoms with van der Waals surface area (Å²) in [5, 5.41) is 0. The smallest absolute Gasteiger partial charge is 0.497 e. The Kier molecular flexibility index (Phi) is 11.5. The van der Waals surface area contributed by atoms with Gasteiger partial charge in [-0.15, -0.1) is 0 Å². The molecular formula is C33H44O6. The Labute approximate surface area is 233 Å². The Hall–Kier alpha value is -3.28. The van der Waals surface area contributed by atoms with E-state index in [-0.39, 0.29) is 17.3 Å². The zero-order valence-electron chi connectivity index (χ0n) is 24.1. The van der Waals surface area contributed by atoms with Crippen LogP contribution in [0.3, 0.4) is 0 Å². The van der Waals surface area contributed by atoms with Crippen LogP contribution in [-0.4, -0.2) is 31.9 Å². The summed E-state index contributed by atoms with van der Waals surface area (Å²) in [7, 11) is 1.54. The molecule has 0 radical (unpaired) electrons. The Bertz CT molecular complexity index is 1080. The van der Waals surface area contributed by atoms with E-state index >= 15 is 0 Å². The van der Waals surface area contributed by atoms with Crippen molar-refractivity contribution in [1.29, 1.82) is 0 Å². The number of benzene rings is 2. The third-order valence-electron chi connectivity index (χ3n) is 7.60. The van der Waals surface area contributed by atoms with E-state index in [0.717, 1.165) is 44.9 Å². The standard InChI is InChI=1S/C33H44O6/c1-24(11-12-25-9-7-6-8-10-25)21-22-37-31(34)20-14-26-13-17-29(36-5)23-30(26)39-32(35)38-28-18-15-27(16-19-28)33(2,3)4/h6-10,13-14,17,20,23-24,27-28H,11-12,15-16,18-19,21-22H2,1-5H3. The van der Waals surface area contributed by atoms with E-state index in [2.05, 4.69) is 52.0 Å². The van der Waals surface area contributed by atoms with Crippen LogP contribution in [0.1, 0.15) is 77.3 Å². The van der Waals surface area contributed by atoms with Gasteiger partial charge in [-0.1, -0.05) is 58.0 Å². The number of esters is 1. The number of aryl methyl sites for hydroxylation is 1. The molecule has 2 aromatic carbocycles. The molecule has 1 atom stereocenters. The Balaban J connectivity index is 1.47. The van der Waals surface area contributed by atoms with Crippen molar-refractivity contribution in [3.63, 3.8) is 0 Å². The largest absolute Gasteiger partial charge is 0.514 e. The molecule has 2 aromatic rings. The van der Waals surface area contributed by atoms with Crippen molar-refractivity contribution >= 4 is 18.2 Å². The van der Waals surface area contributed by atoms with Crippen molar-refractivity contribution in [3.8, 4) is 11.5 Å². The summed E-state index contributed by atoms with van der Waals surface area (Å²) in [6.07, 6.45) is 8.61. The summed E-state index contributed by atoms with van der Waals surface area (Å²) in [6, 6.07) is 15.5. The molecule has 1 saturated carbocycles. The van der Waals surface area contributed by atoms with Crippen LogP contribution >= 0.6 is 0 Å². The van der Waals surface area contributed by atoms with Crippen molar-refractivity contribution in [2.75, 3.05) is 13.7 Å². The molecule has 1 aliphatic rings. The van der Waals surface area contributed by atoms with Crippen LogP contribution in [0.5, 0.6) is 11.5 Å². The summed E-state index contributed by atoms with van der Waals surface area (Å²) >= 11 is 0. The van der Waals surface area contributed by atoms with E-state index in [9.17, 15) is 9.59 Å². The average Bonchev–Trinajstić information content (AvgIpc) is 2.91. The van der Waals surface area contributed by atoms with Crippen molar-refractivity contribution in [2.45, 2.75) is 78.7 Å². The summed E-state index contributed by atoms with van der Waals surface area (Å²) in [6.45, 7) is 9.30. The number of hydrogen-bond donors (Lipinski definition) is 0. The summed E-state index contributed by atoms with van der Waals surface area (Å²) in [5.74, 6) is 1.43. The first-order valence-corrected chi connectivity index (χ1v) is 14.1. The lowest BCUT2D eigenvalue weighted by Crippen LogP contribution is -2.31. The van der Waals surface area contributed by atoms with Gasteiger partial charge in [0.1, 0.15) is 17.6 Å². The predicted molar refractivity (Wildman–Crippen MR) is 154 cm³/mol. The topological polar surface area (TPSA) is 71.1 Å². The molecular weight excluding hydrogens is 492 g/mol. The van der Waals surface area contributed by atoms with E-state index in [0.29, 0.717) is 29.8 Å². The van der Waals surface area contributed by atoms with Gasteiger partial charge in [0, 0.05) is 17.7 Å². The van der Waals surface area contributed by atoms with Gasteiger partial charge < -0.3 is 18.9 Å². The van der Waals surface area contributed by atoms with Crippen molar-refractivity contribution < 1.29 is 28.5 Å². The van der Waals surface area contributed by atoms with Gasteiger partial charge in [-0.05, 0) is 86.0 Å². The van der Waals surface area contributed by atoms with E-state index in [1.807, 2.05) is 6.07 Å². The molecule has 0 saturated heterocycles. The molecule has 0 aromatic heterocycles. The fourth-order valence-corrected chi connectivity index (χ4v) is 4.93. The van der Waals surface area contributed by atoms with Gasteiger partial charge in [-0.2, -0.15) is 0 Å². The van der Waals surface area contributed by atoms with Gasteiger partial charge in [0.25, 0.3) is 0 Å². The monoisotopic (exact) mass is 536 g/mol. The minimum absolute atomic E-state index is 0.147. The Morgan fingerprint density at radius 3 is 2.38 bits per heavy atom. The van der Waals surface area contributed by atoms with Crippen molar-refractivity contribution in [2.24, 2.45) is 17.3 Å². The molecule has 0 spiro atoms. The van der Waals surface area contributed by atoms with Gasteiger partial charge in [0.15, 0.2) is 0 Å². The third kappa shape index (κ3) is 10.4. The second kappa shape index (κ2) is 14.8. The lowest BCUT2D eigenvalue weighted by Gasteiger charge is -2.36. The normalized spacial score (nSPS) is 18.4. The van der Waals surface area contributed by atoms with Crippen molar-refractivity contribution in [3.05, 3.63) is 65.7 Å². The van der Waals surface area contributed by atoms with Gasteiger partial charge >= 0.3 is 12.1 Å². The second-order valence-electron chi connectivity index (χ2n) is 11.6. The minimum atomic E-state index is -0.746. The Morgan fingerprint density at radius 2 is 1.72 bits per heavy atom. The first-order valence-electron chi connectivity index (χ1n) is 14.1. The average molecular weight is 537 g/mol. The van der Waals surface area contributed by atoms with Gasteiger partial charge in [0.2, 0.25) is 0 Å². The summed E-state index contributed by atoms with van der Waals surface area (Å²) < 4.78 is 21.9. The minimum Gasteiger partial charge on any atom is -0.497 e. The third-order valence-corrected chi connectivity index (χ3v) is 7.60. The molecule has 1 aliphatic carbocycles. The van der Waals surface area contributed by atoms with Crippen LogP contribution in [0.2, 0.25) is 0 Å². The quantitative estimate of drug-likeness (QED) is 0.164. The zero-order valence-corrected chi connectivity index (χ0v) is 24.1. The lowest BCUT2D eigenvalue weighted by molar-refractivity contribution is -0.138. The highest BCUT2D eigenvalue weighted by Crippen LogP contribution is 2.38. The molecule has 3 rings (SSSR count). The van der Waals surface area contributed by atoms with E-state index < -0.39 is 12.1 Å². The van der Waals surface area contributed by atoms with Gasteiger partial charge in [-0.3, -0.25) is 0 Å². The molecule has 212 valence electrons. The maximum atomic E-state index is 12.6. The molecule has 0 aliphatic heterocycles. The number of hydrogen-bond acceptors (Lipinski definition) is 6. The number of ether oxygens (including phenoxy) is 4. The molecule has 6 heteroatoms. The molecule has 1 unspecified atom stereocenters. The number of carbonyl (C=O) groups is 2. The molecule has 0 heterocycles. The molecule has 39 heavy (non-hydrogen) atoms. The van der Waals surface area contributed by atoms with E-state index in [4.69, 9.17) is 18.9 Å². The van der Waals surface area contributed by atoms with Crippen LogP contribution in [0.15, 0.2) is 54.6 Å². The second-order valence-corrected chi connectivity index (χ2v) is 11.6. The maximum Gasteiger partial charge on any atom is 0.514 e. The summed E-state index contributed by atoms with van der Waals surface area (Å²) in [4.78, 5) is 24.9. The van der Waals surface area contributed by atoms with Crippen LogP contribution < -0.4 is 9.47 Å². The van der Waals surface area contributed by atoms with Gasteiger partial charge in [0.05, 0.1) is 13.7 Å². The highest BCUT2D eigenvalue weighted by Gasteiger charge is 2.31. The first kappa shape index (κ1) is 30.3. The van der Waals surface area contributed by atoms with E-state index in [1.165, 1.54) is 11.6 Å². The van der Waals surface area contributed by atoms with Crippen LogP contribution in [0.25, 0.3) is 6.08 Å². The van der Waals surface area contributed by atoms with E-state index in [1.54, 1.807) is 31.4 Å². The lowest BCUT2D eigenvalue weighted by atomic mass is 9.72. The Morgan fingerprint density at radius 1 is 1.00 bits per heavy atom. The highest BCUT2D eigenvalue weighted by atomic mass is 16.7. The van der Waals surface area contributed by atoms with Crippen molar-refractivity contribution in [1.82, 2.24) is 0 Å². The molecule has 1 fully saturated rings. The zero-order chi connectivity index (χ0) is 28.3. The fourth-order valence-electron chi connectivity index (χ4n) is 4.93. The maximum absolute atomic E-state index is 12.6. The molecule has 6 nitrogen and oxygen atoms in total. The van der Waals surface area contributed by atoms with Gasteiger partial charge in [-0.25, -0.2) is 9.59 Å². The summed E-state index contributed by atoms with van der Waals surface area (Å²) in [5.41, 5.74) is 2.13. The van der Waals surface area contributed by atoms with Crippen LogP contribution in [0, 0.1) is 17.3 Å². The molecule has 0 N–H and O–H groups in total. The predicted octanol–water partition coefficient (Wildman–Crippen LogP) is 8.03. The van der Waals surface area contributed by atoms with Crippen LogP contribution in [-0.2, 0) is 20.7 Å². The number of carbonyl (C=O) groups excluding carboxylic acids is 2. The fraction of sp³-hybridized carbons (Fsp3) is 0.515. The molecule has 0 amide bonds. The number of rotatable bonds is 11. The molecule has 0 bridgehead atoms. The number of methoxy groups -OCH3 is 1.